The summed E-state index contributed by atoms with van der Waals surface area (Å²) in [5.74, 6) is 0.122. The Morgan fingerprint density at radius 3 is 2.60 bits per heavy atom. The highest BCUT2D eigenvalue weighted by Crippen LogP contribution is 2.27. The first-order chi connectivity index (χ1) is 8.39. The number of hydrogen-bond donors (Lipinski definition) is 1. The van der Waals surface area contributed by atoms with Gasteiger partial charge >= 0.3 is 0 Å². The normalized spacial score (nSPS) is 19.0. The first-order valence-electron chi connectivity index (χ1n) is 6.37. The molecular weight excluding hydrogens is 317 g/mol. The lowest BCUT2D eigenvalue weighted by Gasteiger charge is -2.33. The Kier molecular flexibility index (Phi) is 7.46. The predicted octanol–water partition coefficient (Wildman–Crippen LogP) is 2.72. The van der Waals surface area contributed by atoms with Crippen molar-refractivity contribution in [3.05, 3.63) is 16.1 Å². The van der Waals surface area contributed by atoms with Gasteiger partial charge in [0.25, 0.3) is 5.91 Å². The summed E-state index contributed by atoms with van der Waals surface area (Å²) in [5.41, 5.74) is 0.0122. The molecule has 7 heteroatoms. The third-order valence-corrected chi connectivity index (χ3v) is 4.53. The highest BCUT2D eigenvalue weighted by molar-refractivity contribution is 7.13. The van der Waals surface area contributed by atoms with Crippen LogP contribution in [-0.4, -0.2) is 41.5 Å². The topological polar surface area (TPSA) is 45.2 Å². The Bertz CT molecular complexity index is 445. The minimum atomic E-state index is 0. The second-order valence-electron chi connectivity index (χ2n) is 5.83. The molecule has 4 nitrogen and oxygen atoms in total. The number of thiazole rings is 1. The van der Waals surface area contributed by atoms with Gasteiger partial charge < -0.3 is 10.2 Å². The van der Waals surface area contributed by atoms with Crippen molar-refractivity contribution in [2.45, 2.75) is 39.2 Å². The summed E-state index contributed by atoms with van der Waals surface area (Å²) in [6.07, 6.45) is 1.72. The van der Waals surface area contributed by atoms with Gasteiger partial charge in [0.1, 0.15) is 4.88 Å². The Balaban J connectivity index is 0.00000180. The number of carbonyl (C=O) groups is 1. The maximum atomic E-state index is 12.4. The van der Waals surface area contributed by atoms with Gasteiger partial charge in [-0.25, -0.2) is 4.98 Å². The Hall–Kier alpha value is -0.360. The monoisotopic (exact) mass is 339 g/mol. The van der Waals surface area contributed by atoms with Gasteiger partial charge in [-0.1, -0.05) is 20.8 Å². The number of piperazine rings is 1. The van der Waals surface area contributed by atoms with Gasteiger partial charge in [-0.2, -0.15) is 0 Å². The maximum Gasteiger partial charge on any atom is 0.265 e. The summed E-state index contributed by atoms with van der Waals surface area (Å²) in [6.45, 7) is 11.0. The predicted molar refractivity (Wildman–Crippen MR) is 88.7 cm³/mol. The lowest BCUT2D eigenvalue weighted by atomic mass is 9.98. The number of amides is 1. The van der Waals surface area contributed by atoms with Crippen LogP contribution in [0.5, 0.6) is 0 Å². The fraction of sp³-hybridized carbons (Fsp3) is 0.692. The molecule has 0 radical (unpaired) electrons. The van der Waals surface area contributed by atoms with Crippen molar-refractivity contribution < 1.29 is 4.79 Å². The van der Waals surface area contributed by atoms with Gasteiger partial charge in [0, 0.05) is 31.1 Å². The largest absolute Gasteiger partial charge is 0.333 e. The fourth-order valence-electron chi connectivity index (χ4n) is 2.00. The molecule has 1 amide bonds. The number of carbonyl (C=O) groups excluding carboxylic acids is 1. The van der Waals surface area contributed by atoms with Crippen LogP contribution >= 0.6 is 36.2 Å². The van der Waals surface area contributed by atoms with Crippen LogP contribution in [-0.2, 0) is 5.41 Å². The van der Waals surface area contributed by atoms with Crippen LogP contribution in [0.25, 0.3) is 0 Å². The molecule has 1 aromatic rings. The van der Waals surface area contributed by atoms with E-state index in [0.29, 0.717) is 0 Å². The van der Waals surface area contributed by atoms with E-state index in [9.17, 15) is 4.79 Å². The molecule has 1 atom stereocenters. The van der Waals surface area contributed by atoms with Crippen LogP contribution in [0.1, 0.15) is 42.4 Å². The van der Waals surface area contributed by atoms with Gasteiger partial charge in [-0.15, -0.1) is 36.2 Å². The summed E-state index contributed by atoms with van der Waals surface area (Å²) in [4.78, 5) is 19.5. The van der Waals surface area contributed by atoms with Crippen molar-refractivity contribution >= 4 is 42.1 Å². The Labute approximate surface area is 137 Å². The average Bonchev–Trinajstić information content (AvgIpc) is 2.77. The van der Waals surface area contributed by atoms with Crippen molar-refractivity contribution in [1.29, 1.82) is 0 Å². The van der Waals surface area contributed by atoms with Crippen molar-refractivity contribution in [2.24, 2.45) is 0 Å². The van der Waals surface area contributed by atoms with Gasteiger partial charge in [-0.05, 0) is 6.92 Å². The molecule has 0 aliphatic carbocycles. The zero-order valence-corrected chi connectivity index (χ0v) is 14.8. The van der Waals surface area contributed by atoms with Crippen molar-refractivity contribution in [3.63, 3.8) is 0 Å². The highest BCUT2D eigenvalue weighted by Gasteiger charge is 2.27. The minimum Gasteiger partial charge on any atom is -0.333 e. The van der Waals surface area contributed by atoms with Crippen LogP contribution in [0.2, 0.25) is 0 Å². The maximum absolute atomic E-state index is 12.4. The molecule has 116 valence electrons. The first-order valence-corrected chi connectivity index (χ1v) is 7.19. The number of hydrogen-bond acceptors (Lipinski definition) is 4. The van der Waals surface area contributed by atoms with E-state index < -0.39 is 0 Å². The molecule has 0 saturated carbocycles. The van der Waals surface area contributed by atoms with Crippen LogP contribution in [0, 0.1) is 0 Å². The van der Waals surface area contributed by atoms with E-state index in [1.54, 1.807) is 6.20 Å². The van der Waals surface area contributed by atoms with Crippen LogP contribution in [0.15, 0.2) is 6.20 Å². The molecule has 1 fully saturated rings. The quantitative estimate of drug-likeness (QED) is 0.855. The zero-order valence-electron chi connectivity index (χ0n) is 12.3. The zero-order chi connectivity index (χ0) is 13.3. The smallest absolute Gasteiger partial charge is 0.265 e. The molecule has 0 aromatic carbocycles. The Morgan fingerprint density at radius 2 is 2.10 bits per heavy atom. The van der Waals surface area contributed by atoms with Crippen LogP contribution in [0.4, 0.5) is 0 Å². The van der Waals surface area contributed by atoms with Gasteiger partial charge in [0.15, 0.2) is 0 Å². The fourth-order valence-corrected chi connectivity index (χ4v) is 2.93. The third kappa shape index (κ3) is 4.32. The average molecular weight is 340 g/mol. The van der Waals surface area contributed by atoms with E-state index in [1.807, 2.05) is 4.90 Å². The summed E-state index contributed by atoms with van der Waals surface area (Å²) in [7, 11) is 0. The molecule has 0 spiro atoms. The lowest BCUT2D eigenvalue weighted by Crippen LogP contribution is -2.52. The Morgan fingerprint density at radius 1 is 1.45 bits per heavy atom. The van der Waals surface area contributed by atoms with Gasteiger partial charge in [0.05, 0.1) is 11.2 Å². The van der Waals surface area contributed by atoms with Crippen molar-refractivity contribution in [3.8, 4) is 0 Å². The highest BCUT2D eigenvalue weighted by atomic mass is 35.5. The molecule has 2 rings (SSSR count). The molecule has 0 bridgehead atoms. The lowest BCUT2D eigenvalue weighted by molar-refractivity contribution is 0.0660. The summed E-state index contributed by atoms with van der Waals surface area (Å²) >= 11 is 1.52. The number of aromatic nitrogens is 1. The van der Waals surface area contributed by atoms with Crippen LogP contribution in [0.3, 0.4) is 0 Å². The van der Waals surface area contributed by atoms with Gasteiger partial charge in [-0.3, -0.25) is 4.79 Å². The standard InChI is InChI=1S/C13H21N3OS.2ClH/c1-9-7-14-5-6-16(9)11(17)10-8-15-12(18-10)13(2,3)4;;/h8-9,14H,5-7H2,1-4H3;2*1H/t9-;;/m1../s1. The van der Waals surface area contributed by atoms with E-state index in [1.165, 1.54) is 11.3 Å². The van der Waals surface area contributed by atoms with E-state index in [2.05, 4.69) is 38.0 Å². The van der Waals surface area contributed by atoms with E-state index in [4.69, 9.17) is 0 Å². The number of rotatable bonds is 1. The first kappa shape index (κ1) is 19.6. The summed E-state index contributed by atoms with van der Waals surface area (Å²) in [6, 6.07) is 0.256. The van der Waals surface area contributed by atoms with E-state index >= 15 is 0 Å². The molecule has 2 heterocycles. The number of nitrogens with one attached hydrogen (secondary N) is 1. The van der Waals surface area contributed by atoms with Crippen LogP contribution < -0.4 is 5.32 Å². The number of nitrogens with zero attached hydrogens (tertiary/aromatic N) is 2. The molecular formula is C13H23Cl2N3OS. The molecule has 20 heavy (non-hydrogen) atoms. The molecule has 1 N–H and O–H groups in total. The number of halogens is 2. The summed E-state index contributed by atoms with van der Waals surface area (Å²) in [5, 5.41) is 4.32. The SMILES string of the molecule is C[C@@H]1CNCCN1C(=O)c1cnc(C(C)(C)C)s1.Cl.Cl. The molecule has 1 saturated heterocycles. The van der Waals surface area contributed by atoms with Crippen molar-refractivity contribution in [1.82, 2.24) is 15.2 Å². The molecule has 1 aliphatic heterocycles. The molecule has 1 aromatic heterocycles. The second-order valence-corrected chi connectivity index (χ2v) is 6.86. The molecule has 1 aliphatic rings. The molecule has 0 unspecified atom stereocenters. The van der Waals surface area contributed by atoms with E-state index in [-0.39, 0.29) is 42.2 Å². The second kappa shape index (κ2) is 7.59. The summed E-state index contributed by atoms with van der Waals surface area (Å²) < 4.78 is 0. The van der Waals surface area contributed by atoms with E-state index in [0.717, 1.165) is 29.5 Å². The minimum absolute atomic E-state index is 0. The van der Waals surface area contributed by atoms with Crippen molar-refractivity contribution in [2.75, 3.05) is 19.6 Å². The third-order valence-electron chi connectivity index (χ3n) is 3.12. The van der Waals surface area contributed by atoms with Gasteiger partial charge in [0.2, 0.25) is 0 Å².